The standard InChI is InChI=1S/C60H38N2O/c1-2-15-47(16-3-1)62-55-35-27-42-11-6-7-17-51(42)60(55)54-33-26-46(37-56(54)62)41-24-30-49(31-25-41)61(48-28-22-40(23-29-48)45-21-20-39-10-4-5-12-44(39)36-45)50-32-34-52-53-18-8-13-43-14-9-19-57(59(43)53)63-58(52)38-50/h1-38H. The van der Waals surface area contributed by atoms with Crippen molar-refractivity contribution in [3.8, 4) is 50.6 Å². The van der Waals surface area contributed by atoms with Crippen LogP contribution in [0.1, 0.15) is 0 Å². The van der Waals surface area contributed by atoms with Crippen molar-refractivity contribution in [1.82, 2.24) is 4.57 Å². The molecule has 0 atom stereocenters. The monoisotopic (exact) mass is 802 g/mol. The Morgan fingerprint density at radius 1 is 0.317 bits per heavy atom. The lowest BCUT2D eigenvalue weighted by Gasteiger charge is -2.28. The summed E-state index contributed by atoms with van der Waals surface area (Å²) in [4.78, 5) is 2.33. The van der Waals surface area contributed by atoms with Crippen molar-refractivity contribution in [1.29, 1.82) is 0 Å². The van der Waals surface area contributed by atoms with Gasteiger partial charge in [0.2, 0.25) is 0 Å². The maximum Gasteiger partial charge on any atom is 0.137 e. The van der Waals surface area contributed by atoms with E-state index in [1.165, 1.54) is 71.0 Å². The molecule has 1 aliphatic heterocycles. The van der Waals surface area contributed by atoms with Gasteiger partial charge in [0.25, 0.3) is 0 Å². The molecule has 2 heterocycles. The van der Waals surface area contributed by atoms with E-state index in [1.807, 2.05) is 0 Å². The van der Waals surface area contributed by atoms with Gasteiger partial charge in [-0.3, -0.25) is 0 Å². The average Bonchev–Trinajstić information content (AvgIpc) is 3.69. The largest absolute Gasteiger partial charge is 0.456 e. The van der Waals surface area contributed by atoms with E-state index in [4.69, 9.17) is 4.74 Å². The molecule has 11 aromatic carbocycles. The molecule has 294 valence electrons. The molecule has 0 N–H and O–H groups in total. The number of nitrogens with zero attached hydrogens (tertiary/aromatic N) is 2. The van der Waals surface area contributed by atoms with Crippen LogP contribution < -0.4 is 9.64 Å². The second-order valence-electron chi connectivity index (χ2n) is 16.5. The van der Waals surface area contributed by atoms with Gasteiger partial charge in [0.15, 0.2) is 0 Å². The van der Waals surface area contributed by atoms with Gasteiger partial charge in [0, 0.05) is 50.5 Å². The Kier molecular flexibility index (Phi) is 7.91. The smallest absolute Gasteiger partial charge is 0.137 e. The first-order valence-corrected chi connectivity index (χ1v) is 21.6. The Labute approximate surface area is 364 Å². The Hall–Kier alpha value is -8.40. The SMILES string of the molecule is c1ccc(-n2c3cc(-c4ccc(N(c5ccc(-c6ccc7ccccc7c6)cc5)c5ccc6c(c5)Oc5cccc7cccc-6c57)cc4)ccc3c3c4ccccc4ccc32)cc1. The summed E-state index contributed by atoms with van der Waals surface area (Å²) < 4.78 is 9.11. The van der Waals surface area contributed by atoms with Crippen LogP contribution in [0, 0.1) is 0 Å². The van der Waals surface area contributed by atoms with Crippen LogP contribution >= 0.6 is 0 Å². The summed E-state index contributed by atoms with van der Waals surface area (Å²) in [6.07, 6.45) is 0. The van der Waals surface area contributed by atoms with E-state index in [2.05, 4.69) is 240 Å². The molecule has 0 spiro atoms. The molecule has 3 heteroatoms. The van der Waals surface area contributed by atoms with E-state index in [9.17, 15) is 0 Å². The molecule has 0 bridgehead atoms. The van der Waals surface area contributed by atoms with Crippen LogP contribution in [0.3, 0.4) is 0 Å². The van der Waals surface area contributed by atoms with Gasteiger partial charge in [-0.25, -0.2) is 0 Å². The molecular weight excluding hydrogens is 765 g/mol. The minimum absolute atomic E-state index is 0.850. The van der Waals surface area contributed by atoms with E-state index in [0.29, 0.717) is 0 Å². The van der Waals surface area contributed by atoms with Crippen LogP contribution in [0.5, 0.6) is 11.5 Å². The lowest BCUT2D eigenvalue weighted by molar-refractivity contribution is 0.487. The Morgan fingerprint density at radius 2 is 0.937 bits per heavy atom. The topological polar surface area (TPSA) is 17.4 Å². The third-order valence-electron chi connectivity index (χ3n) is 12.9. The number of ether oxygens (including phenoxy) is 1. The molecule has 63 heavy (non-hydrogen) atoms. The molecular formula is C60H38N2O. The van der Waals surface area contributed by atoms with Crippen molar-refractivity contribution in [2.24, 2.45) is 0 Å². The highest BCUT2D eigenvalue weighted by Crippen LogP contribution is 2.49. The van der Waals surface area contributed by atoms with Crippen LogP contribution in [0.25, 0.3) is 93.2 Å². The molecule has 13 rings (SSSR count). The zero-order chi connectivity index (χ0) is 41.4. The lowest BCUT2D eigenvalue weighted by Crippen LogP contribution is -2.10. The number of anilines is 3. The molecule has 1 aliphatic rings. The number of hydrogen-bond acceptors (Lipinski definition) is 2. The van der Waals surface area contributed by atoms with Crippen molar-refractivity contribution in [3.63, 3.8) is 0 Å². The van der Waals surface area contributed by atoms with Crippen molar-refractivity contribution in [2.75, 3.05) is 4.90 Å². The van der Waals surface area contributed by atoms with Crippen molar-refractivity contribution < 1.29 is 4.74 Å². The number of aromatic nitrogens is 1. The Morgan fingerprint density at radius 3 is 1.73 bits per heavy atom. The highest BCUT2D eigenvalue weighted by Gasteiger charge is 2.23. The number of rotatable bonds is 6. The molecule has 0 aliphatic carbocycles. The number of benzene rings is 11. The Bertz CT molecular complexity index is 3750. The van der Waals surface area contributed by atoms with Gasteiger partial charge in [0.05, 0.1) is 11.0 Å². The highest BCUT2D eigenvalue weighted by molar-refractivity contribution is 6.21. The summed E-state index contributed by atoms with van der Waals surface area (Å²) in [5.74, 6) is 1.74. The summed E-state index contributed by atoms with van der Waals surface area (Å²) in [5, 5.41) is 9.87. The minimum Gasteiger partial charge on any atom is -0.456 e. The van der Waals surface area contributed by atoms with Gasteiger partial charge < -0.3 is 14.2 Å². The average molecular weight is 803 g/mol. The second kappa shape index (κ2) is 14.1. The summed E-state index contributed by atoms with van der Waals surface area (Å²) >= 11 is 0. The first-order valence-electron chi connectivity index (χ1n) is 21.6. The first-order chi connectivity index (χ1) is 31.2. The molecule has 3 nitrogen and oxygen atoms in total. The first kappa shape index (κ1) is 35.4. The van der Waals surface area contributed by atoms with Gasteiger partial charge in [-0.2, -0.15) is 0 Å². The predicted octanol–water partition coefficient (Wildman–Crippen LogP) is 16.8. The summed E-state index contributed by atoms with van der Waals surface area (Å²) in [6, 6.07) is 83.4. The molecule has 12 aromatic rings. The fourth-order valence-electron chi connectivity index (χ4n) is 9.94. The summed E-state index contributed by atoms with van der Waals surface area (Å²) in [6.45, 7) is 0. The van der Waals surface area contributed by atoms with Gasteiger partial charge in [-0.15, -0.1) is 0 Å². The lowest BCUT2D eigenvalue weighted by atomic mass is 9.94. The summed E-state index contributed by atoms with van der Waals surface area (Å²) in [7, 11) is 0. The number of hydrogen-bond donors (Lipinski definition) is 0. The van der Waals surface area contributed by atoms with Gasteiger partial charge >= 0.3 is 0 Å². The molecule has 0 radical (unpaired) electrons. The molecule has 0 saturated heterocycles. The van der Waals surface area contributed by atoms with Crippen molar-refractivity contribution >= 4 is 71.2 Å². The zero-order valence-electron chi connectivity index (χ0n) is 34.2. The van der Waals surface area contributed by atoms with Crippen molar-refractivity contribution in [3.05, 3.63) is 231 Å². The third-order valence-corrected chi connectivity index (χ3v) is 12.9. The predicted molar refractivity (Wildman–Crippen MR) is 264 cm³/mol. The normalized spacial score (nSPS) is 11.9. The van der Waals surface area contributed by atoms with E-state index in [1.54, 1.807) is 0 Å². The molecule has 0 fully saturated rings. The van der Waals surface area contributed by atoms with Gasteiger partial charge in [0.1, 0.15) is 11.5 Å². The summed E-state index contributed by atoms with van der Waals surface area (Å²) in [5.41, 5.74) is 13.7. The van der Waals surface area contributed by atoms with Gasteiger partial charge in [-0.1, -0.05) is 152 Å². The van der Waals surface area contributed by atoms with Crippen molar-refractivity contribution in [2.45, 2.75) is 0 Å². The van der Waals surface area contributed by atoms with Crippen LogP contribution in [0.4, 0.5) is 17.1 Å². The minimum atomic E-state index is 0.850. The van der Waals surface area contributed by atoms with Gasteiger partial charge in [-0.05, 0) is 128 Å². The van der Waals surface area contributed by atoms with Crippen LogP contribution in [-0.4, -0.2) is 4.57 Å². The highest BCUT2D eigenvalue weighted by atomic mass is 16.5. The van der Waals surface area contributed by atoms with Crippen LogP contribution in [0.15, 0.2) is 231 Å². The fourth-order valence-corrected chi connectivity index (χ4v) is 9.94. The maximum atomic E-state index is 6.69. The van der Waals surface area contributed by atoms with Crippen LogP contribution in [-0.2, 0) is 0 Å². The zero-order valence-corrected chi connectivity index (χ0v) is 34.2. The molecule has 0 amide bonds. The molecule has 0 saturated carbocycles. The van der Waals surface area contributed by atoms with E-state index in [0.717, 1.165) is 50.8 Å². The molecule has 0 unspecified atom stereocenters. The molecule has 1 aromatic heterocycles. The number of para-hydroxylation sites is 1. The van der Waals surface area contributed by atoms with E-state index >= 15 is 0 Å². The quantitative estimate of drug-likeness (QED) is 0.167. The van der Waals surface area contributed by atoms with E-state index in [-0.39, 0.29) is 0 Å². The maximum absolute atomic E-state index is 6.69. The number of fused-ring (bicyclic) bond motifs is 8. The third kappa shape index (κ3) is 5.75. The Balaban J connectivity index is 0.927. The second-order valence-corrected chi connectivity index (χ2v) is 16.5. The van der Waals surface area contributed by atoms with Crippen LogP contribution in [0.2, 0.25) is 0 Å². The fraction of sp³-hybridized carbons (Fsp3) is 0. The van der Waals surface area contributed by atoms with E-state index < -0.39 is 0 Å².